The molecule has 0 aliphatic rings. The van der Waals surface area contributed by atoms with Crippen molar-refractivity contribution in [3.63, 3.8) is 0 Å². The maximum atomic E-state index is 11.8. The molecular weight excluding hydrogens is 228 g/mol. The highest BCUT2D eigenvalue weighted by Gasteiger charge is 2.11. The van der Waals surface area contributed by atoms with E-state index in [-0.39, 0.29) is 5.56 Å². The number of hydrogen-bond donors (Lipinski definition) is 1. The summed E-state index contributed by atoms with van der Waals surface area (Å²) < 4.78 is 0. The molecule has 0 amide bonds. The second-order valence-corrected chi connectivity index (χ2v) is 3.95. The number of fused-ring (bicyclic) bond motifs is 1. The quantitative estimate of drug-likeness (QED) is 0.700. The highest BCUT2D eigenvalue weighted by molar-refractivity contribution is 5.91. The van der Waals surface area contributed by atoms with Crippen LogP contribution in [0.25, 0.3) is 22.2 Å². The third kappa shape index (κ3) is 1.57. The molecule has 2 heterocycles. The van der Waals surface area contributed by atoms with Crippen molar-refractivity contribution in [2.75, 3.05) is 0 Å². The molecule has 0 unspecified atom stereocenters. The third-order valence-corrected chi connectivity index (χ3v) is 2.80. The molecule has 1 aromatic carbocycles. The summed E-state index contributed by atoms with van der Waals surface area (Å²) in [5, 5.41) is 7.08. The van der Waals surface area contributed by atoms with Crippen LogP contribution in [0, 0.1) is 6.92 Å². The molecule has 2 aromatic heterocycles. The molecule has 0 fully saturated rings. The van der Waals surface area contributed by atoms with Crippen molar-refractivity contribution in [2.24, 2.45) is 0 Å². The second-order valence-electron chi connectivity index (χ2n) is 3.95. The van der Waals surface area contributed by atoms with Crippen LogP contribution in [0.4, 0.5) is 0 Å². The molecule has 5 nitrogen and oxygen atoms in total. The lowest BCUT2D eigenvalue weighted by Gasteiger charge is -2.04. The van der Waals surface area contributed by atoms with Gasteiger partial charge in [-0.15, -0.1) is 0 Å². The lowest BCUT2D eigenvalue weighted by Crippen LogP contribution is -2.12. The van der Waals surface area contributed by atoms with E-state index in [1.165, 1.54) is 6.33 Å². The van der Waals surface area contributed by atoms with Crippen LogP contribution in [0.3, 0.4) is 0 Å². The van der Waals surface area contributed by atoms with Crippen LogP contribution in [0.2, 0.25) is 0 Å². The maximum absolute atomic E-state index is 11.8. The highest BCUT2D eigenvalue weighted by atomic mass is 16.1. The Labute approximate surface area is 103 Å². The van der Waals surface area contributed by atoms with Crippen LogP contribution in [-0.2, 0) is 0 Å². The molecule has 3 aromatic rings. The van der Waals surface area contributed by atoms with E-state index >= 15 is 0 Å². The Morgan fingerprint density at radius 2 is 1.89 bits per heavy atom. The van der Waals surface area contributed by atoms with Crippen molar-refractivity contribution in [3.8, 4) is 11.3 Å². The van der Waals surface area contributed by atoms with Gasteiger partial charge in [-0.2, -0.15) is 5.10 Å². The predicted octanol–water partition coefficient (Wildman–Crippen LogP) is 1.69. The smallest absolute Gasteiger partial charge is 0.267 e. The van der Waals surface area contributed by atoms with E-state index in [0.717, 1.165) is 5.56 Å². The minimum atomic E-state index is -0.261. The van der Waals surface area contributed by atoms with Gasteiger partial charge in [-0.25, -0.2) is 15.1 Å². The Bertz CT molecular complexity index is 765. The Morgan fingerprint density at radius 3 is 2.67 bits per heavy atom. The van der Waals surface area contributed by atoms with Crippen molar-refractivity contribution in [1.82, 2.24) is 20.2 Å². The van der Waals surface area contributed by atoms with E-state index in [1.807, 2.05) is 30.3 Å². The number of hydrogen-bond acceptors (Lipinski definition) is 4. The molecule has 0 aliphatic carbocycles. The van der Waals surface area contributed by atoms with Crippen LogP contribution < -0.4 is 5.56 Å². The van der Waals surface area contributed by atoms with Crippen molar-refractivity contribution in [1.29, 1.82) is 0 Å². The normalized spacial score (nSPS) is 10.7. The zero-order chi connectivity index (χ0) is 12.5. The van der Waals surface area contributed by atoms with Crippen LogP contribution in [0.15, 0.2) is 41.5 Å². The molecular formula is C13H10N4O. The van der Waals surface area contributed by atoms with Crippen molar-refractivity contribution in [2.45, 2.75) is 6.92 Å². The molecule has 5 heteroatoms. The average molecular weight is 238 g/mol. The second kappa shape index (κ2) is 4.03. The summed E-state index contributed by atoms with van der Waals surface area (Å²) in [5.74, 6) is 0. The number of aryl methyl sites for hydroxylation is 1. The van der Waals surface area contributed by atoms with Gasteiger partial charge in [0.2, 0.25) is 0 Å². The van der Waals surface area contributed by atoms with Gasteiger partial charge in [-0.1, -0.05) is 30.3 Å². The van der Waals surface area contributed by atoms with Gasteiger partial charge >= 0.3 is 0 Å². The molecule has 18 heavy (non-hydrogen) atoms. The van der Waals surface area contributed by atoms with E-state index in [4.69, 9.17) is 0 Å². The summed E-state index contributed by atoms with van der Waals surface area (Å²) in [7, 11) is 0. The number of aromatic amines is 1. The number of nitrogens with zero attached hydrogens (tertiary/aromatic N) is 3. The van der Waals surface area contributed by atoms with Crippen molar-refractivity contribution in [3.05, 3.63) is 52.7 Å². The van der Waals surface area contributed by atoms with Crippen LogP contribution in [-0.4, -0.2) is 20.2 Å². The molecule has 0 radical (unpaired) electrons. The van der Waals surface area contributed by atoms with Gasteiger partial charge in [-0.3, -0.25) is 4.79 Å². The standard InChI is InChI=1S/C13H10N4O/c1-8-10-12(15-7-14-8)11(16-17-13(10)18)9-5-3-2-4-6-9/h2-7H,1H3,(H,17,18). The first kappa shape index (κ1) is 10.6. The molecule has 3 rings (SSSR count). The topological polar surface area (TPSA) is 71.5 Å². The highest BCUT2D eigenvalue weighted by Crippen LogP contribution is 2.22. The Kier molecular flexibility index (Phi) is 2.37. The molecule has 1 N–H and O–H groups in total. The lowest BCUT2D eigenvalue weighted by atomic mass is 10.1. The molecule has 0 bridgehead atoms. The van der Waals surface area contributed by atoms with E-state index in [1.54, 1.807) is 6.92 Å². The summed E-state index contributed by atoms with van der Waals surface area (Å²) in [6.45, 7) is 1.79. The summed E-state index contributed by atoms with van der Waals surface area (Å²) >= 11 is 0. The summed E-state index contributed by atoms with van der Waals surface area (Å²) in [6.07, 6.45) is 1.45. The first-order valence-corrected chi connectivity index (χ1v) is 5.53. The number of rotatable bonds is 1. The van der Waals surface area contributed by atoms with E-state index in [9.17, 15) is 4.79 Å². The summed E-state index contributed by atoms with van der Waals surface area (Å²) in [5.41, 5.74) is 2.55. The van der Waals surface area contributed by atoms with Gasteiger partial charge < -0.3 is 0 Å². The average Bonchev–Trinajstić information content (AvgIpc) is 2.40. The van der Waals surface area contributed by atoms with E-state index in [0.29, 0.717) is 22.3 Å². The fourth-order valence-corrected chi connectivity index (χ4v) is 1.94. The molecule has 0 aliphatic heterocycles. The van der Waals surface area contributed by atoms with Gasteiger partial charge in [0, 0.05) is 5.56 Å². The maximum Gasteiger partial charge on any atom is 0.275 e. The predicted molar refractivity (Wildman–Crippen MR) is 68.1 cm³/mol. The molecule has 0 saturated heterocycles. The zero-order valence-corrected chi connectivity index (χ0v) is 9.71. The SMILES string of the molecule is Cc1ncnc2c(-c3ccccc3)n[nH]c(=O)c12. The van der Waals surface area contributed by atoms with Crippen molar-refractivity contribution < 1.29 is 0 Å². The van der Waals surface area contributed by atoms with Crippen LogP contribution in [0.5, 0.6) is 0 Å². The molecule has 0 saturated carbocycles. The lowest BCUT2D eigenvalue weighted by molar-refractivity contribution is 0.998. The monoisotopic (exact) mass is 238 g/mol. The fourth-order valence-electron chi connectivity index (χ4n) is 1.94. The summed E-state index contributed by atoms with van der Waals surface area (Å²) in [6, 6.07) is 9.62. The van der Waals surface area contributed by atoms with Crippen LogP contribution >= 0.6 is 0 Å². The first-order chi connectivity index (χ1) is 8.77. The third-order valence-electron chi connectivity index (χ3n) is 2.80. The van der Waals surface area contributed by atoms with Crippen molar-refractivity contribution >= 4 is 10.9 Å². The van der Waals surface area contributed by atoms with Gasteiger partial charge in [0.25, 0.3) is 5.56 Å². The molecule has 88 valence electrons. The Balaban J connectivity index is 2.43. The van der Waals surface area contributed by atoms with Gasteiger partial charge in [-0.05, 0) is 6.92 Å². The largest absolute Gasteiger partial charge is 0.275 e. The Hall–Kier alpha value is -2.56. The minimum absolute atomic E-state index is 0.261. The van der Waals surface area contributed by atoms with Gasteiger partial charge in [0.05, 0.1) is 11.1 Å². The van der Waals surface area contributed by atoms with Gasteiger partial charge in [0.1, 0.15) is 17.5 Å². The molecule has 0 atom stereocenters. The number of aromatic nitrogens is 4. The fraction of sp³-hybridized carbons (Fsp3) is 0.0769. The zero-order valence-electron chi connectivity index (χ0n) is 9.71. The number of H-pyrrole nitrogens is 1. The Morgan fingerprint density at radius 1 is 1.11 bits per heavy atom. The summed E-state index contributed by atoms with van der Waals surface area (Å²) in [4.78, 5) is 20.0. The minimum Gasteiger partial charge on any atom is -0.267 e. The van der Waals surface area contributed by atoms with Crippen LogP contribution in [0.1, 0.15) is 5.69 Å². The van der Waals surface area contributed by atoms with Gasteiger partial charge in [0.15, 0.2) is 0 Å². The number of benzene rings is 1. The molecule has 0 spiro atoms. The van der Waals surface area contributed by atoms with E-state index in [2.05, 4.69) is 20.2 Å². The van der Waals surface area contributed by atoms with E-state index < -0.39 is 0 Å². The first-order valence-electron chi connectivity index (χ1n) is 5.53. The number of nitrogens with one attached hydrogen (secondary N) is 1.